The van der Waals surface area contributed by atoms with E-state index in [0.717, 1.165) is 17.8 Å². The van der Waals surface area contributed by atoms with Crippen LogP contribution in [0.1, 0.15) is 17.0 Å². The van der Waals surface area contributed by atoms with Crippen molar-refractivity contribution in [1.29, 1.82) is 0 Å². The minimum atomic E-state index is 0.00324. The Balaban J connectivity index is 1.88. The monoisotopic (exact) mass is 247 g/mol. The number of aliphatic hydroxyl groups is 1. The second kappa shape index (κ2) is 6.28. The molecule has 0 saturated carbocycles. The van der Waals surface area contributed by atoms with E-state index < -0.39 is 0 Å². The number of aromatic nitrogens is 2. The van der Waals surface area contributed by atoms with Gasteiger partial charge in [0.1, 0.15) is 11.4 Å². The van der Waals surface area contributed by atoms with E-state index in [1.54, 1.807) is 0 Å². The summed E-state index contributed by atoms with van der Waals surface area (Å²) in [5.41, 5.74) is 2.75. The number of rotatable bonds is 6. The van der Waals surface area contributed by atoms with Crippen molar-refractivity contribution in [3.05, 3.63) is 47.3 Å². The molecule has 1 aromatic heterocycles. The van der Waals surface area contributed by atoms with Crippen LogP contribution in [-0.2, 0) is 13.0 Å². The van der Waals surface area contributed by atoms with E-state index in [2.05, 4.69) is 20.3 Å². The molecule has 1 atom stereocenters. The molecule has 18 heavy (non-hydrogen) atoms. The van der Waals surface area contributed by atoms with Gasteiger partial charge in [0.15, 0.2) is 0 Å². The molecule has 0 radical (unpaired) electrons. The highest BCUT2D eigenvalue weighted by atomic mass is 16.6. The molecule has 1 heterocycles. The number of hydrogen-bond acceptors (Lipinski definition) is 5. The molecule has 1 unspecified atom stereocenters. The predicted molar refractivity (Wildman–Crippen MR) is 66.9 cm³/mol. The molecule has 2 N–H and O–H groups in total. The molecular formula is C13H17N3O2. The zero-order valence-corrected chi connectivity index (χ0v) is 10.3. The van der Waals surface area contributed by atoms with Crippen molar-refractivity contribution >= 4 is 0 Å². The normalized spacial score (nSPS) is 12.6. The Morgan fingerprint density at radius 2 is 2.06 bits per heavy atom. The van der Waals surface area contributed by atoms with E-state index in [1.165, 1.54) is 5.56 Å². The SMILES string of the molecule is Cc1nonc1CNC(CO)Cc1ccccc1. The zero-order chi connectivity index (χ0) is 12.8. The maximum atomic E-state index is 9.36. The fourth-order valence-electron chi connectivity index (χ4n) is 1.75. The number of benzene rings is 1. The molecule has 5 heteroatoms. The standard InChI is InChI=1S/C13H17N3O2/c1-10-13(16-18-15-10)8-14-12(9-17)7-11-5-3-2-4-6-11/h2-6,12,14,17H,7-9H2,1H3. The number of hydrogen-bond donors (Lipinski definition) is 2. The minimum absolute atomic E-state index is 0.00324. The first kappa shape index (κ1) is 12.7. The molecular weight excluding hydrogens is 230 g/mol. The van der Waals surface area contributed by atoms with Crippen LogP contribution in [0.3, 0.4) is 0 Å². The first-order valence-electron chi connectivity index (χ1n) is 5.96. The molecule has 0 aliphatic rings. The molecule has 0 amide bonds. The van der Waals surface area contributed by atoms with Crippen molar-refractivity contribution in [2.24, 2.45) is 0 Å². The Morgan fingerprint density at radius 1 is 1.28 bits per heavy atom. The Kier molecular flexibility index (Phi) is 4.44. The maximum Gasteiger partial charge on any atom is 0.121 e. The molecule has 0 spiro atoms. The van der Waals surface area contributed by atoms with Gasteiger partial charge in [0.05, 0.1) is 6.61 Å². The highest BCUT2D eigenvalue weighted by Crippen LogP contribution is 2.05. The van der Waals surface area contributed by atoms with Gasteiger partial charge in [-0.3, -0.25) is 0 Å². The highest BCUT2D eigenvalue weighted by molar-refractivity contribution is 5.16. The van der Waals surface area contributed by atoms with Crippen LogP contribution in [0.5, 0.6) is 0 Å². The molecule has 96 valence electrons. The van der Waals surface area contributed by atoms with Gasteiger partial charge in [-0.25, -0.2) is 4.63 Å². The highest BCUT2D eigenvalue weighted by Gasteiger charge is 2.10. The van der Waals surface area contributed by atoms with Crippen LogP contribution in [0.15, 0.2) is 35.0 Å². The van der Waals surface area contributed by atoms with Gasteiger partial charge in [0.2, 0.25) is 0 Å². The van der Waals surface area contributed by atoms with Crippen LogP contribution in [0.2, 0.25) is 0 Å². The quantitative estimate of drug-likeness (QED) is 0.799. The summed E-state index contributed by atoms with van der Waals surface area (Å²) in [6.07, 6.45) is 0.779. The number of aliphatic hydroxyl groups excluding tert-OH is 1. The smallest absolute Gasteiger partial charge is 0.121 e. The first-order valence-corrected chi connectivity index (χ1v) is 5.96. The van der Waals surface area contributed by atoms with Crippen molar-refractivity contribution in [1.82, 2.24) is 15.6 Å². The number of aryl methyl sites for hydroxylation is 1. The van der Waals surface area contributed by atoms with Gasteiger partial charge in [0, 0.05) is 12.6 Å². The van der Waals surface area contributed by atoms with Crippen molar-refractivity contribution in [2.75, 3.05) is 6.61 Å². The average Bonchev–Trinajstić information content (AvgIpc) is 2.81. The fraction of sp³-hybridized carbons (Fsp3) is 0.385. The molecule has 0 saturated heterocycles. The van der Waals surface area contributed by atoms with E-state index in [-0.39, 0.29) is 12.6 Å². The molecule has 0 bridgehead atoms. The van der Waals surface area contributed by atoms with Gasteiger partial charge in [-0.05, 0) is 18.9 Å². The van der Waals surface area contributed by atoms with Crippen LogP contribution < -0.4 is 5.32 Å². The lowest BCUT2D eigenvalue weighted by Crippen LogP contribution is -2.34. The van der Waals surface area contributed by atoms with E-state index in [9.17, 15) is 5.11 Å². The molecule has 2 rings (SSSR count). The summed E-state index contributed by atoms with van der Waals surface area (Å²) in [5, 5.41) is 20.1. The summed E-state index contributed by atoms with van der Waals surface area (Å²) in [7, 11) is 0. The van der Waals surface area contributed by atoms with Crippen molar-refractivity contribution in [2.45, 2.75) is 25.9 Å². The fourth-order valence-corrected chi connectivity index (χ4v) is 1.75. The second-order valence-electron chi connectivity index (χ2n) is 4.25. The Hall–Kier alpha value is -1.72. The lowest BCUT2D eigenvalue weighted by atomic mass is 10.1. The van der Waals surface area contributed by atoms with Gasteiger partial charge >= 0.3 is 0 Å². The third kappa shape index (κ3) is 3.38. The lowest BCUT2D eigenvalue weighted by Gasteiger charge is -2.15. The van der Waals surface area contributed by atoms with Gasteiger partial charge in [-0.1, -0.05) is 40.6 Å². The van der Waals surface area contributed by atoms with Crippen LogP contribution >= 0.6 is 0 Å². The van der Waals surface area contributed by atoms with Gasteiger partial charge in [0.25, 0.3) is 0 Å². The number of nitrogens with one attached hydrogen (secondary N) is 1. The van der Waals surface area contributed by atoms with Crippen LogP contribution in [0.4, 0.5) is 0 Å². The van der Waals surface area contributed by atoms with Crippen molar-refractivity contribution < 1.29 is 9.74 Å². The molecule has 2 aromatic rings. The third-order valence-corrected chi connectivity index (χ3v) is 2.85. The molecule has 5 nitrogen and oxygen atoms in total. The third-order valence-electron chi connectivity index (χ3n) is 2.85. The summed E-state index contributed by atoms with van der Waals surface area (Å²) in [5.74, 6) is 0. The summed E-state index contributed by atoms with van der Waals surface area (Å²) < 4.78 is 4.63. The van der Waals surface area contributed by atoms with E-state index >= 15 is 0 Å². The largest absolute Gasteiger partial charge is 0.395 e. The zero-order valence-electron chi connectivity index (χ0n) is 10.3. The average molecular weight is 247 g/mol. The second-order valence-corrected chi connectivity index (χ2v) is 4.25. The van der Waals surface area contributed by atoms with E-state index in [1.807, 2.05) is 37.3 Å². The lowest BCUT2D eigenvalue weighted by molar-refractivity contribution is 0.239. The summed E-state index contributed by atoms with van der Waals surface area (Å²) in [4.78, 5) is 0. The molecule has 0 fully saturated rings. The summed E-state index contributed by atoms with van der Waals surface area (Å²) in [6, 6.07) is 10.1. The maximum absolute atomic E-state index is 9.36. The van der Waals surface area contributed by atoms with Crippen molar-refractivity contribution in [3.63, 3.8) is 0 Å². The molecule has 0 aliphatic heterocycles. The Bertz CT molecular complexity index is 470. The molecule has 1 aromatic carbocycles. The molecule has 0 aliphatic carbocycles. The summed E-state index contributed by atoms with van der Waals surface area (Å²) >= 11 is 0. The van der Waals surface area contributed by atoms with Crippen LogP contribution in [-0.4, -0.2) is 28.1 Å². The van der Waals surface area contributed by atoms with Crippen molar-refractivity contribution in [3.8, 4) is 0 Å². The predicted octanol–water partition coefficient (Wildman–Crippen LogP) is 1.07. The Labute approximate surface area is 106 Å². The van der Waals surface area contributed by atoms with Crippen LogP contribution in [0, 0.1) is 6.92 Å². The minimum Gasteiger partial charge on any atom is -0.395 e. The first-order chi connectivity index (χ1) is 8.79. The Morgan fingerprint density at radius 3 is 2.67 bits per heavy atom. The van der Waals surface area contributed by atoms with E-state index in [4.69, 9.17) is 0 Å². The number of nitrogens with zero attached hydrogens (tertiary/aromatic N) is 2. The van der Waals surface area contributed by atoms with Gasteiger partial charge in [-0.2, -0.15) is 0 Å². The van der Waals surface area contributed by atoms with Gasteiger partial charge in [-0.15, -0.1) is 0 Å². The summed E-state index contributed by atoms with van der Waals surface area (Å²) in [6.45, 7) is 2.48. The topological polar surface area (TPSA) is 71.2 Å². The van der Waals surface area contributed by atoms with Crippen LogP contribution in [0.25, 0.3) is 0 Å². The van der Waals surface area contributed by atoms with Gasteiger partial charge < -0.3 is 10.4 Å². The van der Waals surface area contributed by atoms with E-state index in [0.29, 0.717) is 6.54 Å².